The maximum Gasteiger partial charge on any atom is 0.306 e. The molecule has 6 heteroatoms. The van der Waals surface area contributed by atoms with Crippen LogP contribution < -0.4 is 0 Å². The highest BCUT2D eigenvalue weighted by Crippen LogP contribution is 2.18. The number of allylic oxidation sites excluding steroid dienone is 6. The van der Waals surface area contributed by atoms with E-state index in [4.69, 9.17) is 14.2 Å². The van der Waals surface area contributed by atoms with Crippen molar-refractivity contribution >= 4 is 17.9 Å². The molecule has 0 aromatic heterocycles. The number of esters is 3. The molecule has 0 aliphatic rings. The second-order valence-electron chi connectivity index (χ2n) is 24.5. The molecule has 0 bridgehead atoms. The van der Waals surface area contributed by atoms with Gasteiger partial charge in [0.1, 0.15) is 13.2 Å². The molecular formula is C74H138O6. The van der Waals surface area contributed by atoms with Crippen LogP contribution in [0.2, 0.25) is 0 Å². The average Bonchev–Trinajstić information content (AvgIpc) is 3.46. The Morgan fingerprint density at radius 2 is 0.450 bits per heavy atom. The summed E-state index contributed by atoms with van der Waals surface area (Å²) in [5.41, 5.74) is 0. The van der Waals surface area contributed by atoms with Gasteiger partial charge < -0.3 is 14.2 Å². The number of ether oxygens (including phenoxy) is 3. The first-order valence-corrected chi connectivity index (χ1v) is 36.0. The van der Waals surface area contributed by atoms with Crippen LogP contribution in [0.1, 0.15) is 400 Å². The molecule has 0 amide bonds. The Morgan fingerprint density at radius 1 is 0.250 bits per heavy atom. The summed E-state index contributed by atoms with van der Waals surface area (Å²) in [6.07, 6.45) is 86.1. The molecule has 0 heterocycles. The average molecular weight is 1120 g/mol. The summed E-state index contributed by atoms with van der Waals surface area (Å²) >= 11 is 0. The SMILES string of the molecule is CCCCC/C=C\C/C=C\CCCCCCCCCCCC(=O)OC(COC(=O)CCCCCCCCCCCCCCCC)COC(=O)CCCCCCCCCCCCCCCCCCC/C=C\CCCCCCCCCC. The first-order chi connectivity index (χ1) is 39.5. The van der Waals surface area contributed by atoms with Crippen LogP contribution in [0.5, 0.6) is 0 Å². The standard InChI is InChI=1S/C74H138O6/c1-4-7-10-13-16-19-22-25-28-30-32-33-34-35-36-37-38-39-40-41-43-44-46-49-52-55-58-61-64-67-73(76)79-70-71(69-78-72(75)66-63-60-57-54-51-48-27-24-21-18-15-12-9-6-3)80-74(77)68-65-62-59-56-53-50-47-45-42-31-29-26-23-20-17-14-11-8-5-2/h17,20,26,29-30,32,71H,4-16,18-19,21-25,27-28,31,33-70H2,1-3H3/b20-17-,29-26-,32-30-. The summed E-state index contributed by atoms with van der Waals surface area (Å²) in [5, 5.41) is 0. The van der Waals surface area contributed by atoms with E-state index in [2.05, 4.69) is 57.2 Å². The molecule has 0 aliphatic heterocycles. The fraction of sp³-hybridized carbons (Fsp3) is 0.878. The number of rotatable bonds is 67. The third-order valence-electron chi connectivity index (χ3n) is 16.4. The monoisotopic (exact) mass is 1120 g/mol. The molecule has 1 unspecified atom stereocenters. The lowest BCUT2D eigenvalue weighted by Gasteiger charge is -2.18. The van der Waals surface area contributed by atoms with Crippen molar-refractivity contribution in [1.29, 1.82) is 0 Å². The normalized spacial score (nSPS) is 12.2. The lowest BCUT2D eigenvalue weighted by Crippen LogP contribution is -2.30. The van der Waals surface area contributed by atoms with Crippen molar-refractivity contribution in [3.63, 3.8) is 0 Å². The lowest BCUT2D eigenvalue weighted by molar-refractivity contribution is -0.167. The molecule has 80 heavy (non-hydrogen) atoms. The smallest absolute Gasteiger partial charge is 0.306 e. The van der Waals surface area contributed by atoms with Gasteiger partial charge >= 0.3 is 17.9 Å². The largest absolute Gasteiger partial charge is 0.462 e. The molecule has 6 nitrogen and oxygen atoms in total. The molecule has 0 spiro atoms. The van der Waals surface area contributed by atoms with Gasteiger partial charge in [-0.2, -0.15) is 0 Å². The minimum atomic E-state index is -0.772. The minimum Gasteiger partial charge on any atom is -0.462 e. The van der Waals surface area contributed by atoms with Crippen molar-refractivity contribution in [3.05, 3.63) is 36.5 Å². The summed E-state index contributed by atoms with van der Waals surface area (Å²) in [4.78, 5) is 38.4. The van der Waals surface area contributed by atoms with Gasteiger partial charge in [0.15, 0.2) is 6.10 Å². The fourth-order valence-corrected chi connectivity index (χ4v) is 10.9. The Balaban J connectivity index is 4.20. The highest BCUT2D eigenvalue weighted by Gasteiger charge is 2.19. The molecule has 1 atom stereocenters. The zero-order chi connectivity index (χ0) is 57.8. The molecule has 0 aliphatic carbocycles. The Hall–Kier alpha value is -2.37. The first kappa shape index (κ1) is 77.6. The highest BCUT2D eigenvalue weighted by atomic mass is 16.6. The number of hydrogen-bond donors (Lipinski definition) is 0. The van der Waals surface area contributed by atoms with Gasteiger partial charge in [0.05, 0.1) is 0 Å². The summed E-state index contributed by atoms with van der Waals surface area (Å²) in [6.45, 7) is 6.69. The predicted molar refractivity (Wildman–Crippen MR) is 349 cm³/mol. The Bertz CT molecular complexity index is 1340. The van der Waals surface area contributed by atoms with E-state index >= 15 is 0 Å². The van der Waals surface area contributed by atoms with Crippen LogP contribution in [0, 0.1) is 0 Å². The zero-order valence-electron chi connectivity index (χ0n) is 54.1. The summed E-state index contributed by atoms with van der Waals surface area (Å²) in [7, 11) is 0. The van der Waals surface area contributed by atoms with E-state index in [9.17, 15) is 14.4 Å². The van der Waals surface area contributed by atoms with Gasteiger partial charge in [-0.1, -0.05) is 340 Å². The maximum atomic E-state index is 12.9. The van der Waals surface area contributed by atoms with Crippen LogP contribution in [0.4, 0.5) is 0 Å². The molecular weight excluding hydrogens is 985 g/mol. The molecule has 470 valence electrons. The number of carbonyl (C=O) groups excluding carboxylic acids is 3. The molecule has 0 radical (unpaired) electrons. The third-order valence-corrected chi connectivity index (χ3v) is 16.4. The predicted octanol–water partition coefficient (Wildman–Crippen LogP) is 24.7. The van der Waals surface area contributed by atoms with Gasteiger partial charge in [-0.15, -0.1) is 0 Å². The van der Waals surface area contributed by atoms with E-state index in [-0.39, 0.29) is 31.1 Å². The maximum absolute atomic E-state index is 12.9. The quantitative estimate of drug-likeness (QED) is 0.0261. The van der Waals surface area contributed by atoms with Crippen molar-refractivity contribution in [2.24, 2.45) is 0 Å². The Kier molecular flexibility index (Phi) is 67.1. The second-order valence-corrected chi connectivity index (χ2v) is 24.5. The van der Waals surface area contributed by atoms with Gasteiger partial charge in [-0.25, -0.2) is 0 Å². The lowest BCUT2D eigenvalue weighted by atomic mass is 10.0. The van der Waals surface area contributed by atoms with Gasteiger partial charge in [-0.3, -0.25) is 14.4 Å². The Labute approximate surface area is 499 Å². The molecule has 0 saturated carbocycles. The van der Waals surface area contributed by atoms with Crippen LogP contribution in [-0.2, 0) is 28.6 Å². The van der Waals surface area contributed by atoms with Crippen molar-refractivity contribution in [2.75, 3.05) is 13.2 Å². The number of unbranched alkanes of at least 4 members (excludes halogenated alkanes) is 50. The van der Waals surface area contributed by atoms with Crippen molar-refractivity contribution in [1.82, 2.24) is 0 Å². The summed E-state index contributed by atoms with van der Waals surface area (Å²) in [6, 6.07) is 0. The molecule has 0 aromatic rings. The molecule has 0 aromatic carbocycles. The van der Waals surface area contributed by atoms with Gasteiger partial charge in [0, 0.05) is 19.3 Å². The van der Waals surface area contributed by atoms with Gasteiger partial charge in [0.2, 0.25) is 0 Å². The van der Waals surface area contributed by atoms with Crippen molar-refractivity contribution in [2.45, 2.75) is 406 Å². The minimum absolute atomic E-state index is 0.0681. The van der Waals surface area contributed by atoms with E-state index in [1.807, 2.05) is 0 Å². The van der Waals surface area contributed by atoms with E-state index < -0.39 is 6.10 Å². The van der Waals surface area contributed by atoms with Crippen LogP contribution in [-0.4, -0.2) is 37.2 Å². The topological polar surface area (TPSA) is 78.9 Å². The second kappa shape index (κ2) is 69.1. The van der Waals surface area contributed by atoms with Crippen LogP contribution in [0.25, 0.3) is 0 Å². The van der Waals surface area contributed by atoms with Crippen LogP contribution >= 0.6 is 0 Å². The van der Waals surface area contributed by atoms with Gasteiger partial charge in [-0.05, 0) is 77.0 Å². The number of carbonyl (C=O) groups is 3. The van der Waals surface area contributed by atoms with E-state index in [1.54, 1.807) is 0 Å². The van der Waals surface area contributed by atoms with Gasteiger partial charge in [0.25, 0.3) is 0 Å². The van der Waals surface area contributed by atoms with E-state index in [1.165, 1.54) is 295 Å². The molecule has 0 rings (SSSR count). The Morgan fingerprint density at radius 3 is 0.725 bits per heavy atom. The van der Waals surface area contributed by atoms with Crippen LogP contribution in [0.15, 0.2) is 36.5 Å². The third kappa shape index (κ3) is 66.4. The van der Waals surface area contributed by atoms with Crippen molar-refractivity contribution in [3.8, 4) is 0 Å². The van der Waals surface area contributed by atoms with E-state index in [0.29, 0.717) is 19.3 Å². The highest BCUT2D eigenvalue weighted by molar-refractivity contribution is 5.71. The van der Waals surface area contributed by atoms with Crippen LogP contribution in [0.3, 0.4) is 0 Å². The molecule has 0 saturated heterocycles. The summed E-state index contributed by atoms with van der Waals surface area (Å²) in [5.74, 6) is -0.842. The first-order valence-electron chi connectivity index (χ1n) is 36.0. The van der Waals surface area contributed by atoms with E-state index in [0.717, 1.165) is 64.2 Å². The summed E-state index contributed by atoms with van der Waals surface area (Å²) < 4.78 is 17.0. The number of hydrogen-bond acceptors (Lipinski definition) is 6. The molecule has 0 N–H and O–H groups in total. The zero-order valence-corrected chi connectivity index (χ0v) is 54.1. The fourth-order valence-electron chi connectivity index (χ4n) is 10.9. The van der Waals surface area contributed by atoms with Crippen molar-refractivity contribution < 1.29 is 28.6 Å². The molecule has 0 fully saturated rings.